The fraction of sp³-hybridized carbons (Fsp3) is 0.222. The minimum absolute atomic E-state index is 0.0959. The fourth-order valence-corrected chi connectivity index (χ4v) is 4.28. The van der Waals surface area contributed by atoms with Crippen molar-refractivity contribution in [2.75, 3.05) is 26.2 Å². The van der Waals surface area contributed by atoms with E-state index in [1.165, 1.54) is 22.5 Å². The van der Waals surface area contributed by atoms with E-state index in [9.17, 15) is 17.6 Å². The van der Waals surface area contributed by atoms with Gasteiger partial charge in [0.05, 0.1) is 11.6 Å². The highest BCUT2D eigenvalue weighted by Gasteiger charge is 2.31. The molecule has 0 spiro atoms. The molecule has 1 fully saturated rings. The molecule has 0 saturated carbocycles. The number of carbonyl (C=O) groups is 1. The number of hydrogen-bond acceptors (Lipinski definition) is 4. The van der Waals surface area contributed by atoms with Gasteiger partial charge in [-0.3, -0.25) is 4.79 Å². The number of nitriles is 1. The van der Waals surface area contributed by atoms with Gasteiger partial charge in [0.25, 0.3) is 5.91 Å². The first kappa shape index (κ1) is 18.0. The van der Waals surface area contributed by atoms with Crippen molar-refractivity contribution >= 4 is 15.9 Å². The molecule has 8 heteroatoms. The van der Waals surface area contributed by atoms with Crippen molar-refractivity contribution in [1.29, 1.82) is 5.26 Å². The summed E-state index contributed by atoms with van der Waals surface area (Å²) in [4.78, 5) is 13.7. The lowest BCUT2D eigenvalue weighted by Crippen LogP contribution is -2.50. The molecule has 6 nitrogen and oxygen atoms in total. The van der Waals surface area contributed by atoms with Crippen molar-refractivity contribution in [1.82, 2.24) is 9.21 Å². The first-order valence-corrected chi connectivity index (χ1v) is 9.41. The summed E-state index contributed by atoms with van der Waals surface area (Å²) in [6, 6.07) is 13.5. The third kappa shape index (κ3) is 3.45. The van der Waals surface area contributed by atoms with Gasteiger partial charge in [0.1, 0.15) is 10.7 Å². The van der Waals surface area contributed by atoms with Crippen molar-refractivity contribution in [3.8, 4) is 6.07 Å². The molecule has 1 saturated heterocycles. The van der Waals surface area contributed by atoms with Crippen LogP contribution in [0.15, 0.2) is 53.4 Å². The molecule has 1 amide bonds. The minimum atomic E-state index is -3.93. The van der Waals surface area contributed by atoms with Crippen LogP contribution in [-0.2, 0) is 10.0 Å². The molecule has 26 heavy (non-hydrogen) atoms. The SMILES string of the molecule is N#Cc1ccc(C(=O)N2CCN(S(=O)(=O)c3ccccc3F)CC2)cc1. The number of halogens is 1. The molecule has 1 heterocycles. The number of rotatable bonds is 3. The molecule has 1 aliphatic heterocycles. The number of benzene rings is 2. The minimum Gasteiger partial charge on any atom is -0.336 e. The Labute approximate surface area is 151 Å². The fourth-order valence-electron chi connectivity index (χ4n) is 2.79. The zero-order valence-electron chi connectivity index (χ0n) is 13.8. The van der Waals surface area contributed by atoms with Crippen LogP contribution in [0.1, 0.15) is 15.9 Å². The van der Waals surface area contributed by atoms with Gasteiger partial charge >= 0.3 is 0 Å². The highest BCUT2D eigenvalue weighted by atomic mass is 32.2. The zero-order valence-corrected chi connectivity index (χ0v) is 14.6. The third-order valence-electron chi connectivity index (χ3n) is 4.24. The normalized spacial score (nSPS) is 15.5. The average Bonchev–Trinajstić information content (AvgIpc) is 2.68. The van der Waals surface area contributed by atoms with Gasteiger partial charge in [-0.25, -0.2) is 12.8 Å². The van der Waals surface area contributed by atoms with Gasteiger partial charge in [0, 0.05) is 31.7 Å². The van der Waals surface area contributed by atoms with Gasteiger partial charge in [-0.1, -0.05) is 12.1 Å². The molecule has 1 aliphatic rings. The third-order valence-corrected chi connectivity index (χ3v) is 6.17. The summed E-state index contributed by atoms with van der Waals surface area (Å²) in [5.74, 6) is -1.01. The van der Waals surface area contributed by atoms with Crippen molar-refractivity contribution in [2.45, 2.75) is 4.90 Å². The molecule has 3 rings (SSSR count). The lowest BCUT2D eigenvalue weighted by atomic mass is 10.1. The predicted molar refractivity (Wildman–Crippen MR) is 92.2 cm³/mol. The molecular formula is C18H16FN3O3S. The predicted octanol–water partition coefficient (Wildman–Crippen LogP) is 1.84. The smallest absolute Gasteiger partial charge is 0.253 e. The van der Waals surface area contributed by atoms with Crippen LogP contribution >= 0.6 is 0 Å². The average molecular weight is 373 g/mol. The zero-order chi connectivity index (χ0) is 18.7. The van der Waals surface area contributed by atoms with Gasteiger partial charge in [0.2, 0.25) is 10.0 Å². The Kier molecular flexibility index (Phi) is 5.02. The Hall–Kier alpha value is -2.76. The number of nitrogens with zero attached hydrogens (tertiary/aromatic N) is 3. The molecular weight excluding hydrogens is 357 g/mol. The van der Waals surface area contributed by atoms with E-state index in [1.807, 2.05) is 6.07 Å². The maximum absolute atomic E-state index is 13.8. The molecule has 0 N–H and O–H groups in total. The number of amides is 1. The molecule has 2 aromatic carbocycles. The van der Waals surface area contributed by atoms with Crippen LogP contribution in [0.4, 0.5) is 4.39 Å². The summed E-state index contributed by atoms with van der Waals surface area (Å²) in [6.07, 6.45) is 0. The largest absolute Gasteiger partial charge is 0.336 e. The van der Waals surface area contributed by atoms with Crippen LogP contribution < -0.4 is 0 Å². The topological polar surface area (TPSA) is 81.5 Å². The van der Waals surface area contributed by atoms with Crippen molar-refractivity contribution in [3.63, 3.8) is 0 Å². The summed E-state index contributed by atoms with van der Waals surface area (Å²) >= 11 is 0. The number of piperazine rings is 1. The van der Waals surface area contributed by atoms with Crippen LogP contribution in [-0.4, -0.2) is 49.7 Å². The lowest BCUT2D eigenvalue weighted by molar-refractivity contribution is 0.0697. The summed E-state index contributed by atoms with van der Waals surface area (Å²) in [7, 11) is -3.93. The molecule has 0 unspecified atom stereocenters. The first-order valence-electron chi connectivity index (χ1n) is 7.97. The van der Waals surface area contributed by atoms with E-state index in [2.05, 4.69) is 0 Å². The summed E-state index contributed by atoms with van der Waals surface area (Å²) in [6.45, 7) is 0.621. The van der Waals surface area contributed by atoms with E-state index in [1.54, 1.807) is 29.2 Å². The van der Waals surface area contributed by atoms with E-state index < -0.39 is 15.8 Å². The van der Waals surface area contributed by atoms with E-state index >= 15 is 0 Å². The van der Waals surface area contributed by atoms with Crippen LogP contribution in [0.2, 0.25) is 0 Å². The molecule has 134 valence electrons. The Morgan fingerprint density at radius 1 is 1.00 bits per heavy atom. The first-order chi connectivity index (χ1) is 12.4. The standard InChI is InChI=1S/C18H16FN3O3S/c19-16-3-1-2-4-17(16)26(24,25)22-11-9-21(10-12-22)18(23)15-7-5-14(13-20)6-8-15/h1-8H,9-12H2. The highest BCUT2D eigenvalue weighted by molar-refractivity contribution is 7.89. The maximum Gasteiger partial charge on any atom is 0.253 e. The molecule has 0 radical (unpaired) electrons. The van der Waals surface area contributed by atoms with E-state index in [4.69, 9.17) is 5.26 Å². The van der Waals surface area contributed by atoms with Gasteiger partial charge in [-0.2, -0.15) is 9.57 Å². The Morgan fingerprint density at radius 3 is 2.19 bits per heavy atom. The van der Waals surface area contributed by atoms with Crippen molar-refractivity contribution in [2.24, 2.45) is 0 Å². The number of carbonyl (C=O) groups excluding carboxylic acids is 1. The van der Waals surface area contributed by atoms with Crippen molar-refractivity contribution < 1.29 is 17.6 Å². The molecule has 0 atom stereocenters. The van der Waals surface area contributed by atoms with Gasteiger partial charge < -0.3 is 4.90 Å². The summed E-state index contributed by atoms with van der Waals surface area (Å²) in [5, 5.41) is 8.80. The van der Waals surface area contributed by atoms with E-state index in [-0.39, 0.29) is 37.0 Å². The van der Waals surface area contributed by atoms with Gasteiger partial charge in [0.15, 0.2) is 0 Å². The van der Waals surface area contributed by atoms with Gasteiger partial charge in [-0.15, -0.1) is 0 Å². The quantitative estimate of drug-likeness (QED) is 0.822. The molecule has 0 aliphatic carbocycles. The molecule has 0 aromatic heterocycles. The van der Waals surface area contributed by atoms with Crippen LogP contribution in [0.5, 0.6) is 0 Å². The monoisotopic (exact) mass is 373 g/mol. The highest BCUT2D eigenvalue weighted by Crippen LogP contribution is 2.21. The molecule has 2 aromatic rings. The van der Waals surface area contributed by atoms with Crippen LogP contribution in [0.3, 0.4) is 0 Å². The lowest BCUT2D eigenvalue weighted by Gasteiger charge is -2.34. The van der Waals surface area contributed by atoms with E-state index in [0.717, 1.165) is 6.07 Å². The second kappa shape index (κ2) is 7.23. The second-order valence-electron chi connectivity index (χ2n) is 5.82. The van der Waals surface area contributed by atoms with Crippen molar-refractivity contribution in [3.05, 3.63) is 65.5 Å². The van der Waals surface area contributed by atoms with E-state index in [0.29, 0.717) is 11.1 Å². The van der Waals surface area contributed by atoms with Crippen LogP contribution in [0, 0.1) is 17.1 Å². The van der Waals surface area contributed by atoms with Gasteiger partial charge in [-0.05, 0) is 36.4 Å². The number of hydrogen-bond donors (Lipinski definition) is 0. The second-order valence-corrected chi connectivity index (χ2v) is 7.72. The van der Waals surface area contributed by atoms with Crippen LogP contribution in [0.25, 0.3) is 0 Å². The summed E-state index contributed by atoms with van der Waals surface area (Å²) < 4.78 is 40.2. The maximum atomic E-state index is 13.8. The Morgan fingerprint density at radius 2 is 1.62 bits per heavy atom. The Balaban J connectivity index is 1.70. The molecule has 0 bridgehead atoms. The number of sulfonamides is 1. The Bertz CT molecular complexity index is 960. The summed E-state index contributed by atoms with van der Waals surface area (Å²) in [5.41, 5.74) is 0.900.